The first-order valence-corrected chi connectivity index (χ1v) is 12.4. The van der Waals surface area contributed by atoms with Crippen LogP contribution in [0.4, 0.5) is 10.1 Å². The lowest BCUT2D eigenvalue weighted by Crippen LogP contribution is -2.43. The first-order chi connectivity index (χ1) is 16.3. The van der Waals surface area contributed by atoms with Crippen LogP contribution in [0.1, 0.15) is 41.8 Å². The summed E-state index contributed by atoms with van der Waals surface area (Å²) in [6.45, 7) is 5.24. The number of benzene rings is 3. The van der Waals surface area contributed by atoms with Gasteiger partial charge in [0.1, 0.15) is 5.82 Å². The standard InChI is InChI=1S/C30H29ClFNO/c1-30(2)18-21(29(34)19-4-7-22(32)8-5-19)17-27-26-10-6-20-16-23(33(3)15-14-31)9-11-24(20)25(26)12-13-28(27)30/h4-5,7-13,16-17,21H,6,14-15,18H2,1-3H3. The third kappa shape index (κ3) is 3.96. The summed E-state index contributed by atoms with van der Waals surface area (Å²) in [4.78, 5) is 15.5. The molecule has 0 aliphatic heterocycles. The molecular weight excluding hydrogens is 445 g/mol. The predicted octanol–water partition coefficient (Wildman–Crippen LogP) is 5.47. The van der Waals surface area contributed by atoms with E-state index in [9.17, 15) is 9.18 Å². The number of hydrogen-bond acceptors (Lipinski definition) is 2. The Bertz CT molecular complexity index is 1390. The first-order valence-electron chi connectivity index (χ1n) is 11.8. The molecule has 0 saturated heterocycles. The number of halogens is 2. The molecule has 0 bridgehead atoms. The van der Waals surface area contributed by atoms with Crippen LogP contribution in [-0.2, 0) is 11.8 Å². The van der Waals surface area contributed by atoms with Crippen molar-refractivity contribution in [3.05, 3.63) is 87.5 Å². The molecule has 0 spiro atoms. The SMILES string of the molecule is CN(CCCl)c1ccc2c(c1)CC=c1c-2ccc2c1=CC(C(=O)c1ccc(F)cc1)CC2(C)C. The van der Waals surface area contributed by atoms with Crippen molar-refractivity contribution >= 4 is 35.2 Å². The number of carbonyl (C=O) groups is 1. The normalized spacial score (nSPS) is 17.5. The van der Waals surface area contributed by atoms with Crippen molar-refractivity contribution in [3.8, 4) is 11.1 Å². The summed E-state index contributed by atoms with van der Waals surface area (Å²) in [5.74, 6) is 0.0903. The molecule has 0 radical (unpaired) electrons. The average Bonchev–Trinajstić information content (AvgIpc) is 2.83. The van der Waals surface area contributed by atoms with Crippen LogP contribution in [0, 0.1) is 11.7 Å². The highest BCUT2D eigenvalue weighted by molar-refractivity contribution is 6.18. The van der Waals surface area contributed by atoms with Gasteiger partial charge in [-0.1, -0.05) is 44.2 Å². The number of alkyl halides is 1. The summed E-state index contributed by atoms with van der Waals surface area (Å²) >= 11 is 5.94. The van der Waals surface area contributed by atoms with Crippen LogP contribution in [0.2, 0.25) is 0 Å². The van der Waals surface area contributed by atoms with Crippen molar-refractivity contribution in [1.29, 1.82) is 0 Å². The molecule has 0 aromatic heterocycles. The number of rotatable bonds is 5. The fourth-order valence-corrected chi connectivity index (χ4v) is 5.75. The second-order valence-electron chi connectivity index (χ2n) is 10.1. The smallest absolute Gasteiger partial charge is 0.169 e. The van der Waals surface area contributed by atoms with Gasteiger partial charge in [-0.2, -0.15) is 0 Å². The third-order valence-corrected chi connectivity index (χ3v) is 7.51. The Morgan fingerprint density at radius 1 is 1.06 bits per heavy atom. The van der Waals surface area contributed by atoms with E-state index in [1.165, 1.54) is 50.5 Å². The molecule has 2 nitrogen and oxygen atoms in total. The van der Waals surface area contributed by atoms with E-state index in [1.807, 2.05) is 0 Å². The van der Waals surface area contributed by atoms with Crippen molar-refractivity contribution in [1.82, 2.24) is 0 Å². The highest BCUT2D eigenvalue weighted by atomic mass is 35.5. The van der Waals surface area contributed by atoms with Gasteiger partial charge < -0.3 is 4.90 Å². The molecule has 0 heterocycles. The number of ketones is 1. The predicted molar refractivity (Wildman–Crippen MR) is 140 cm³/mol. The van der Waals surface area contributed by atoms with Gasteiger partial charge in [-0.15, -0.1) is 11.6 Å². The first kappa shape index (κ1) is 22.9. The number of anilines is 1. The zero-order valence-electron chi connectivity index (χ0n) is 19.9. The van der Waals surface area contributed by atoms with E-state index < -0.39 is 0 Å². The lowest BCUT2D eigenvalue weighted by atomic mass is 9.69. The van der Waals surface area contributed by atoms with Crippen molar-refractivity contribution in [2.45, 2.75) is 32.1 Å². The number of carbonyl (C=O) groups excluding carboxylic acids is 1. The minimum atomic E-state index is -0.325. The van der Waals surface area contributed by atoms with Gasteiger partial charge >= 0.3 is 0 Å². The van der Waals surface area contributed by atoms with Crippen LogP contribution >= 0.6 is 11.6 Å². The molecule has 1 atom stereocenters. The largest absolute Gasteiger partial charge is 0.373 e. The van der Waals surface area contributed by atoms with E-state index in [0.29, 0.717) is 11.4 Å². The van der Waals surface area contributed by atoms with Crippen LogP contribution in [0.3, 0.4) is 0 Å². The number of fused-ring (bicyclic) bond motifs is 5. The number of nitrogens with zero attached hydrogens (tertiary/aromatic N) is 1. The number of Topliss-reactive ketones (excluding diaryl/α,β-unsaturated/α-hetero) is 1. The highest BCUT2D eigenvalue weighted by Crippen LogP contribution is 2.35. The zero-order chi connectivity index (χ0) is 24.0. The molecule has 4 heteroatoms. The number of hydrogen-bond donors (Lipinski definition) is 0. The maximum absolute atomic E-state index is 13.4. The maximum atomic E-state index is 13.4. The Balaban J connectivity index is 1.61. The lowest BCUT2D eigenvalue weighted by molar-refractivity contribution is 0.0933. The Kier molecular flexibility index (Phi) is 5.85. The van der Waals surface area contributed by atoms with Gasteiger partial charge in [-0.05, 0) is 87.3 Å². The molecular formula is C30H29ClFNO. The zero-order valence-corrected chi connectivity index (χ0v) is 20.6. The van der Waals surface area contributed by atoms with Crippen LogP contribution in [-0.4, -0.2) is 25.3 Å². The van der Waals surface area contributed by atoms with Crippen molar-refractivity contribution in [2.75, 3.05) is 24.4 Å². The summed E-state index contributed by atoms with van der Waals surface area (Å²) < 4.78 is 13.4. The van der Waals surface area contributed by atoms with E-state index in [2.05, 4.69) is 68.3 Å². The molecule has 0 amide bonds. The van der Waals surface area contributed by atoms with Crippen molar-refractivity contribution < 1.29 is 9.18 Å². The lowest BCUT2D eigenvalue weighted by Gasteiger charge is -2.34. The summed E-state index contributed by atoms with van der Waals surface area (Å²) in [5.41, 5.74) is 6.66. The van der Waals surface area contributed by atoms with E-state index >= 15 is 0 Å². The van der Waals surface area contributed by atoms with Gasteiger partial charge in [0.15, 0.2) is 5.78 Å². The Morgan fingerprint density at radius 3 is 2.53 bits per heavy atom. The molecule has 0 fully saturated rings. The summed E-state index contributed by atoms with van der Waals surface area (Å²) in [6.07, 6.45) is 6.04. The molecule has 1 unspecified atom stereocenters. The second kappa shape index (κ2) is 8.70. The molecule has 3 aromatic rings. The minimum absolute atomic E-state index is 0.0551. The van der Waals surface area contributed by atoms with Gasteiger partial charge in [-0.3, -0.25) is 4.79 Å². The van der Waals surface area contributed by atoms with Gasteiger partial charge in [0.25, 0.3) is 0 Å². The summed E-state index contributed by atoms with van der Waals surface area (Å²) in [7, 11) is 2.07. The monoisotopic (exact) mass is 473 g/mol. The minimum Gasteiger partial charge on any atom is -0.373 e. The quantitative estimate of drug-likeness (QED) is 0.362. The Morgan fingerprint density at radius 2 is 1.79 bits per heavy atom. The molecule has 3 aromatic carbocycles. The van der Waals surface area contributed by atoms with Crippen LogP contribution in [0.5, 0.6) is 0 Å². The van der Waals surface area contributed by atoms with Gasteiger partial charge in [0.05, 0.1) is 0 Å². The van der Waals surface area contributed by atoms with Gasteiger partial charge in [0, 0.05) is 36.6 Å². The van der Waals surface area contributed by atoms with Crippen molar-refractivity contribution in [3.63, 3.8) is 0 Å². The van der Waals surface area contributed by atoms with Gasteiger partial charge in [0.2, 0.25) is 0 Å². The van der Waals surface area contributed by atoms with E-state index in [4.69, 9.17) is 11.6 Å². The van der Waals surface area contributed by atoms with E-state index in [0.717, 1.165) is 19.4 Å². The average molecular weight is 474 g/mol. The van der Waals surface area contributed by atoms with Crippen molar-refractivity contribution in [2.24, 2.45) is 5.92 Å². The second-order valence-corrected chi connectivity index (χ2v) is 10.5. The summed E-state index contributed by atoms with van der Waals surface area (Å²) in [5, 5.41) is 2.39. The molecule has 5 rings (SSSR count). The molecule has 2 aliphatic rings. The maximum Gasteiger partial charge on any atom is 0.169 e. The molecule has 0 saturated carbocycles. The molecule has 174 valence electrons. The molecule has 34 heavy (non-hydrogen) atoms. The van der Waals surface area contributed by atoms with Crippen LogP contribution in [0.15, 0.2) is 54.6 Å². The van der Waals surface area contributed by atoms with Crippen LogP contribution in [0.25, 0.3) is 23.3 Å². The third-order valence-electron chi connectivity index (χ3n) is 7.35. The Hall–Kier alpha value is -2.91. The topological polar surface area (TPSA) is 20.3 Å². The van der Waals surface area contributed by atoms with Crippen LogP contribution < -0.4 is 15.3 Å². The van der Waals surface area contributed by atoms with E-state index in [1.54, 1.807) is 12.1 Å². The van der Waals surface area contributed by atoms with E-state index in [-0.39, 0.29) is 22.9 Å². The van der Waals surface area contributed by atoms with Gasteiger partial charge in [-0.25, -0.2) is 4.39 Å². The Labute approximate surface area is 205 Å². The fraction of sp³-hybridized carbons (Fsp3) is 0.300. The molecule has 2 aliphatic carbocycles. The fourth-order valence-electron chi connectivity index (χ4n) is 5.49. The molecule has 0 N–H and O–H groups in total. The summed E-state index contributed by atoms with van der Waals surface area (Å²) in [6, 6.07) is 17.0. The highest BCUT2D eigenvalue weighted by Gasteiger charge is 2.33.